The number of imidazole rings is 1. The van der Waals surface area contributed by atoms with Gasteiger partial charge in [0.05, 0.1) is 17.4 Å². The topological polar surface area (TPSA) is 46.9 Å². The Morgan fingerprint density at radius 3 is 3.00 bits per heavy atom. The van der Waals surface area contributed by atoms with Gasteiger partial charge in [-0.1, -0.05) is 25.5 Å². The van der Waals surface area contributed by atoms with Crippen molar-refractivity contribution in [2.24, 2.45) is 0 Å². The van der Waals surface area contributed by atoms with Gasteiger partial charge < -0.3 is 9.88 Å². The maximum absolute atomic E-state index is 11.9. The quantitative estimate of drug-likeness (QED) is 0.879. The van der Waals surface area contributed by atoms with Crippen LogP contribution in [0.5, 0.6) is 0 Å². The Bertz CT molecular complexity index is 533. The fourth-order valence-electron chi connectivity index (χ4n) is 2.12. The highest BCUT2D eigenvalue weighted by atomic mass is 16.2. The second kappa shape index (κ2) is 5.67. The monoisotopic (exact) mass is 245 g/mol. The Balaban J connectivity index is 2.03. The van der Waals surface area contributed by atoms with E-state index in [-0.39, 0.29) is 11.9 Å². The zero-order chi connectivity index (χ0) is 13.0. The summed E-state index contributed by atoms with van der Waals surface area (Å²) in [5, 5.41) is 3.00. The van der Waals surface area contributed by atoms with Crippen molar-refractivity contribution in [1.29, 1.82) is 0 Å². The fourth-order valence-corrected chi connectivity index (χ4v) is 2.12. The molecule has 0 aliphatic rings. The standard InChI is InChI=1S/C14H19N3O/c1-3-6-11(2)16-14(18)9-17-10-15-12-7-4-5-8-13(12)17/h4-5,7-8,10-11H,3,6,9H2,1-2H3,(H,16,18)/t11-/m0/s1. The molecule has 0 unspecified atom stereocenters. The van der Waals surface area contributed by atoms with Crippen LogP contribution in [-0.4, -0.2) is 21.5 Å². The molecule has 1 atom stereocenters. The first-order chi connectivity index (χ1) is 8.70. The third-order valence-corrected chi connectivity index (χ3v) is 2.97. The molecule has 0 saturated heterocycles. The second-order valence-electron chi connectivity index (χ2n) is 4.62. The molecule has 1 aromatic carbocycles. The molecule has 0 spiro atoms. The normalized spacial score (nSPS) is 12.6. The van der Waals surface area contributed by atoms with E-state index in [9.17, 15) is 4.79 Å². The average Bonchev–Trinajstić information content (AvgIpc) is 2.73. The lowest BCUT2D eigenvalue weighted by atomic mass is 10.2. The van der Waals surface area contributed by atoms with Crippen molar-refractivity contribution >= 4 is 16.9 Å². The van der Waals surface area contributed by atoms with Crippen LogP contribution in [0.1, 0.15) is 26.7 Å². The summed E-state index contributed by atoms with van der Waals surface area (Å²) in [7, 11) is 0. The van der Waals surface area contributed by atoms with Crippen molar-refractivity contribution in [2.45, 2.75) is 39.3 Å². The molecule has 18 heavy (non-hydrogen) atoms. The third-order valence-electron chi connectivity index (χ3n) is 2.97. The van der Waals surface area contributed by atoms with Crippen molar-refractivity contribution in [3.05, 3.63) is 30.6 Å². The number of carbonyl (C=O) groups excluding carboxylic acids is 1. The van der Waals surface area contributed by atoms with Gasteiger partial charge >= 0.3 is 0 Å². The van der Waals surface area contributed by atoms with Crippen molar-refractivity contribution in [3.8, 4) is 0 Å². The smallest absolute Gasteiger partial charge is 0.240 e. The maximum atomic E-state index is 11.9. The van der Waals surface area contributed by atoms with Crippen LogP contribution in [0.2, 0.25) is 0 Å². The molecule has 1 heterocycles. The van der Waals surface area contributed by atoms with E-state index in [2.05, 4.69) is 17.2 Å². The number of amides is 1. The van der Waals surface area contributed by atoms with E-state index in [4.69, 9.17) is 0 Å². The van der Waals surface area contributed by atoms with Gasteiger partial charge in [0, 0.05) is 6.04 Å². The summed E-state index contributed by atoms with van der Waals surface area (Å²) in [6.07, 6.45) is 3.81. The first kappa shape index (κ1) is 12.6. The minimum Gasteiger partial charge on any atom is -0.352 e. The number of fused-ring (bicyclic) bond motifs is 1. The van der Waals surface area contributed by atoms with Gasteiger partial charge in [-0.05, 0) is 25.5 Å². The van der Waals surface area contributed by atoms with Crippen molar-refractivity contribution in [3.63, 3.8) is 0 Å². The van der Waals surface area contributed by atoms with Crippen molar-refractivity contribution < 1.29 is 4.79 Å². The van der Waals surface area contributed by atoms with Gasteiger partial charge in [-0.15, -0.1) is 0 Å². The van der Waals surface area contributed by atoms with E-state index in [1.165, 1.54) is 0 Å². The third kappa shape index (κ3) is 2.88. The average molecular weight is 245 g/mol. The number of para-hydroxylation sites is 2. The number of nitrogens with zero attached hydrogens (tertiary/aromatic N) is 2. The number of carbonyl (C=O) groups is 1. The molecule has 0 radical (unpaired) electrons. The highest BCUT2D eigenvalue weighted by molar-refractivity contribution is 5.80. The van der Waals surface area contributed by atoms with Crippen LogP contribution < -0.4 is 5.32 Å². The summed E-state index contributed by atoms with van der Waals surface area (Å²) in [5.74, 6) is 0.0408. The van der Waals surface area contributed by atoms with Crippen LogP contribution in [0.3, 0.4) is 0 Å². The van der Waals surface area contributed by atoms with Crippen LogP contribution >= 0.6 is 0 Å². The number of aromatic nitrogens is 2. The van der Waals surface area contributed by atoms with Crippen LogP contribution in [0, 0.1) is 0 Å². The molecule has 0 aliphatic carbocycles. The number of benzene rings is 1. The van der Waals surface area contributed by atoms with Gasteiger partial charge in [0.2, 0.25) is 5.91 Å². The minimum atomic E-state index is 0.0408. The fraction of sp³-hybridized carbons (Fsp3) is 0.429. The number of rotatable bonds is 5. The van der Waals surface area contributed by atoms with Gasteiger partial charge in [-0.3, -0.25) is 4.79 Å². The van der Waals surface area contributed by atoms with E-state index >= 15 is 0 Å². The van der Waals surface area contributed by atoms with Crippen LogP contribution in [0.4, 0.5) is 0 Å². The van der Waals surface area contributed by atoms with Gasteiger partial charge in [-0.25, -0.2) is 4.98 Å². The van der Waals surface area contributed by atoms with Gasteiger partial charge in [0.15, 0.2) is 0 Å². The number of nitrogens with one attached hydrogen (secondary N) is 1. The molecule has 0 fully saturated rings. The zero-order valence-electron chi connectivity index (χ0n) is 10.9. The predicted octanol–water partition coefficient (Wildman–Crippen LogP) is 2.34. The molecular formula is C14H19N3O. The van der Waals surface area contributed by atoms with E-state index in [1.807, 2.05) is 35.8 Å². The molecule has 1 aromatic heterocycles. The summed E-state index contributed by atoms with van der Waals surface area (Å²) in [6.45, 7) is 4.48. The lowest BCUT2D eigenvalue weighted by Gasteiger charge is -2.13. The summed E-state index contributed by atoms with van der Waals surface area (Å²) < 4.78 is 1.88. The Morgan fingerprint density at radius 2 is 2.22 bits per heavy atom. The first-order valence-electron chi connectivity index (χ1n) is 6.40. The van der Waals surface area contributed by atoms with Crippen molar-refractivity contribution in [1.82, 2.24) is 14.9 Å². The SMILES string of the molecule is CCC[C@H](C)NC(=O)Cn1cnc2ccccc21. The Labute approximate surface area is 107 Å². The zero-order valence-corrected chi connectivity index (χ0v) is 10.9. The molecule has 2 aromatic rings. The lowest BCUT2D eigenvalue weighted by molar-refractivity contribution is -0.122. The first-order valence-corrected chi connectivity index (χ1v) is 6.40. The Hall–Kier alpha value is -1.84. The molecule has 0 bridgehead atoms. The van der Waals surface area contributed by atoms with E-state index in [1.54, 1.807) is 6.33 Å². The molecule has 4 nitrogen and oxygen atoms in total. The molecule has 1 amide bonds. The van der Waals surface area contributed by atoms with Crippen LogP contribution in [0.25, 0.3) is 11.0 Å². The maximum Gasteiger partial charge on any atom is 0.240 e. The number of hydrogen-bond donors (Lipinski definition) is 1. The second-order valence-corrected chi connectivity index (χ2v) is 4.62. The largest absolute Gasteiger partial charge is 0.352 e. The minimum absolute atomic E-state index is 0.0408. The predicted molar refractivity (Wildman–Crippen MR) is 72.2 cm³/mol. The van der Waals surface area contributed by atoms with Crippen LogP contribution in [-0.2, 0) is 11.3 Å². The molecule has 0 aliphatic heterocycles. The number of hydrogen-bond acceptors (Lipinski definition) is 2. The molecule has 96 valence electrons. The Kier molecular flexibility index (Phi) is 3.97. The summed E-state index contributed by atoms with van der Waals surface area (Å²) in [4.78, 5) is 16.1. The summed E-state index contributed by atoms with van der Waals surface area (Å²) in [6, 6.07) is 8.06. The van der Waals surface area contributed by atoms with Gasteiger partial charge in [-0.2, -0.15) is 0 Å². The van der Waals surface area contributed by atoms with Crippen LogP contribution in [0.15, 0.2) is 30.6 Å². The van der Waals surface area contributed by atoms with E-state index < -0.39 is 0 Å². The summed E-state index contributed by atoms with van der Waals surface area (Å²) >= 11 is 0. The highest BCUT2D eigenvalue weighted by Crippen LogP contribution is 2.11. The highest BCUT2D eigenvalue weighted by Gasteiger charge is 2.09. The van der Waals surface area contributed by atoms with E-state index in [0.29, 0.717) is 6.54 Å². The van der Waals surface area contributed by atoms with Gasteiger partial charge in [0.1, 0.15) is 6.54 Å². The van der Waals surface area contributed by atoms with E-state index in [0.717, 1.165) is 23.9 Å². The lowest BCUT2D eigenvalue weighted by Crippen LogP contribution is -2.34. The van der Waals surface area contributed by atoms with Gasteiger partial charge in [0.25, 0.3) is 0 Å². The molecule has 4 heteroatoms. The molecule has 2 rings (SSSR count). The molecular weight excluding hydrogens is 226 g/mol. The Morgan fingerprint density at radius 1 is 1.44 bits per heavy atom. The van der Waals surface area contributed by atoms with Crippen molar-refractivity contribution in [2.75, 3.05) is 0 Å². The summed E-state index contributed by atoms with van der Waals surface area (Å²) in [5.41, 5.74) is 1.92. The molecule has 1 N–H and O–H groups in total. The molecule has 0 saturated carbocycles.